The Morgan fingerprint density at radius 2 is 1.90 bits per heavy atom. The Hall–Kier alpha value is -2.41. The van der Waals surface area contributed by atoms with E-state index in [0.717, 1.165) is 5.56 Å². The molecular weight excluding hydrogens is 276 g/mol. The Labute approximate surface area is 122 Å². The average Bonchev–Trinajstić information content (AvgIpc) is 2.44. The Bertz CT molecular complexity index is 489. The van der Waals surface area contributed by atoms with Crippen LogP contribution in [-0.4, -0.2) is 35.5 Å². The number of hydrogen-bond donors (Lipinski definition) is 3. The molecule has 0 aliphatic carbocycles. The van der Waals surface area contributed by atoms with Gasteiger partial charge in [0.25, 0.3) is 0 Å². The molecule has 0 aliphatic rings. The highest BCUT2D eigenvalue weighted by Gasteiger charge is 2.20. The number of ether oxygens (including phenoxy) is 1. The zero-order valence-electron chi connectivity index (χ0n) is 11.5. The van der Waals surface area contributed by atoms with Gasteiger partial charge in [0.1, 0.15) is 12.6 Å². The monoisotopic (exact) mass is 294 g/mol. The predicted molar refractivity (Wildman–Crippen MR) is 74.1 cm³/mol. The topological polar surface area (TPSA) is 119 Å². The quantitative estimate of drug-likeness (QED) is 0.594. The summed E-state index contributed by atoms with van der Waals surface area (Å²) in [7, 11) is 0. The van der Waals surface area contributed by atoms with Gasteiger partial charge in [-0.25, -0.2) is 4.79 Å². The van der Waals surface area contributed by atoms with Crippen LogP contribution >= 0.6 is 0 Å². The lowest BCUT2D eigenvalue weighted by atomic mass is 10.1. The van der Waals surface area contributed by atoms with Crippen LogP contribution in [-0.2, 0) is 25.7 Å². The molecule has 2 amide bonds. The van der Waals surface area contributed by atoms with Crippen LogP contribution in [0.1, 0.15) is 18.4 Å². The highest BCUT2D eigenvalue weighted by Crippen LogP contribution is 2.01. The second-order valence-electron chi connectivity index (χ2n) is 4.44. The van der Waals surface area contributed by atoms with Gasteiger partial charge in [-0.05, 0) is 12.0 Å². The van der Waals surface area contributed by atoms with E-state index in [1.54, 1.807) is 0 Å². The molecule has 7 nitrogen and oxygen atoms in total. The van der Waals surface area contributed by atoms with Gasteiger partial charge in [0, 0.05) is 6.42 Å². The van der Waals surface area contributed by atoms with E-state index in [1.165, 1.54) is 0 Å². The van der Waals surface area contributed by atoms with E-state index in [0.29, 0.717) is 0 Å². The summed E-state index contributed by atoms with van der Waals surface area (Å²) >= 11 is 0. The molecule has 114 valence electrons. The number of primary amides is 1. The third-order valence-corrected chi connectivity index (χ3v) is 2.66. The third-order valence-electron chi connectivity index (χ3n) is 2.66. The highest BCUT2D eigenvalue weighted by atomic mass is 16.5. The Kier molecular flexibility index (Phi) is 6.90. The van der Waals surface area contributed by atoms with E-state index in [-0.39, 0.29) is 26.1 Å². The molecule has 21 heavy (non-hydrogen) atoms. The van der Waals surface area contributed by atoms with Crippen LogP contribution in [0.3, 0.4) is 0 Å². The largest absolute Gasteiger partial charge is 0.480 e. The Balaban J connectivity index is 2.33. The van der Waals surface area contributed by atoms with Gasteiger partial charge in [-0.3, -0.25) is 9.59 Å². The van der Waals surface area contributed by atoms with Crippen molar-refractivity contribution in [3.63, 3.8) is 0 Å². The number of carboxylic acid groups (broad SMARTS) is 1. The van der Waals surface area contributed by atoms with E-state index in [1.807, 2.05) is 30.3 Å². The van der Waals surface area contributed by atoms with Crippen LogP contribution in [0, 0.1) is 0 Å². The van der Waals surface area contributed by atoms with Crippen molar-refractivity contribution in [2.45, 2.75) is 25.5 Å². The zero-order valence-corrected chi connectivity index (χ0v) is 11.5. The van der Waals surface area contributed by atoms with Crippen molar-refractivity contribution >= 4 is 17.8 Å². The molecular formula is C14H18N2O5. The van der Waals surface area contributed by atoms with Crippen molar-refractivity contribution in [2.24, 2.45) is 5.73 Å². The number of amides is 2. The van der Waals surface area contributed by atoms with E-state index in [2.05, 4.69) is 5.32 Å². The fraction of sp³-hybridized carbons (Fsp3) is 0.357. The van der Waals surface area contributed by atoms with Crippen LogP contribution in [0.5, 0.6) is 0 Å². The average molecular weight is 294 g/mol. The molecule has 0 spiro atoms. The first-order valence-corrected chi connectivity index (χ1v) is 6.41. The molecule has 0 radical (unpaired) electrons. The molecule has 4 N–H and O–H groups in total. The first kappa shape index (κ1) is 16.6. The van der Waals surface area contributed by atoms with Crippen LogP contribution in [0.25, 0.3) is 0 Å². The Morgan fingerprint density at radius 1 is 1.24 bits per heavy atom. The third kappa shape index (κ3) is 7.07. The van der Waals surface area contributed by atoms with Gasteiger partial charge in [-0.15, -0.1) is 0 Å². The number of aliphatic carboxylic acids is 1. The molecule has 0 aromatic heterocycles. The van der Waals surface area contributed by atoms with Crippen molar-refractivity contribution < 1.29 is 24.2 Å². The van der Waals surface area contributed by atoms with E-state index in [9.17, 15) is 14.4 Å². The van der Waals surface area contributed by atoms with Crippen molar-refractivity contribution in [1.82, 2.24) is 5.32 Å². The summed E-state index contributed by atoms with van der Waals surface area (Å²) in [4.78, 5) is 33.1. The zero-order chi connectivity index (χ0) is 15.7. The van der Waals surface area contributed by atoms with Gasteiger partial charge in [0.2, 0.25) is 11.8 Å². The fourth-order valence-corrected chi connectivity index (χ4v) is 1.62. The summed E-state index contributed by atoms with van der Waals surface area (Å²) in [6, 6.07) is 8.12. The number of benzene rings is 1. The Morgan fingerprint density at radius 3 is 2.48 bits per heavy atom. The number of hydrogen-bond acceptors (Lipinski definition) is 4. The van der Waals surface area contributed by atoms with Gasteiger partial charge < -0.3 is 20.9 Å². The molecule has 0 unspecified atom stereocenters. The maximum atomic E-state index is 11.6. The molecule has 7 heteroatoms. The van der Waals surface area contributed by atoms with Crippen LogP contribution in [0.15, 0.2) is 30.3 Å². The first-order chi connectivity index (χ1) is 9.99. The molecule has 0 saturated carbocycles. The fourth-order valence-electron chi connectivity index (χ4n) is 1.62. The lowest BCUT2D eigenvalue weighted by Crippen LogP contribution is -2.43. The molecule has 0 aliphatic heterocycles. The second-order valence-corrected chi connectivity index (χ2v) is 4.44. The van der Waals surface area contributed by atoms with Gasteiger partial charge in [-0.1, -0.05) is 30.3 Å². The summed E-state index contributed by atoms with van der Waals surface area (Å²) in [6.07, 6.45) is -0.156. The SMILES string of the molecule is NC(=O)CC[C@@H](NC(=O)COCc1ccccc1)C(=O)O. The highest BCUT2D eigenvalue weighted by molar-refractivity contribution is 5.84. The minimum Gasteiger partial charge on any atom is -0.480 e. The first-order valence-electron chi connectivity index (χ1n) is 6.41. The molecule has 0 saturated heterocycles. The molecule has 0 bridgehead atoms. The standard InChI is InChI=1S/C14H18N2O5/c15-12(17)7-6-11(14(19)20)16-13(18)9-21-8-10-4-2-1-3-5-10/h1-5,11H,6-9H2,(H2,15,17)(H,16,18)(H,19,20)/t11-/m1/s1. The number of carbonyl (C=O) groups is 3. The van der Waals surface area contributed by atoms with Crippen molar-refractivity contribution in [1.29, 1.82) is 0 Å². The minimum absolute atomic E-state index is 0.0465. The van der Waals surface area contributed by atoms with Crippen molar-refractivity contribution in [2.75, 3.05) is 6.61 Å². The molecule has 1 rings (SSSR count). The molecule has 0 fully saturated rings. The lowest BCUT2D eigenvalue weighted by molar-refractivity contribution is -0.143. The van der Waals surface area contributed by atoms with Gasteiger partial charge >= 0.3 is 5.97 Å². The minimum atomic E-state index is -1.22. The second kappa shape index (κ2) is 8.70. The van der Waals surface area contributed by atoms with E-state index in [4.69, 9.17) is 15.6 Å². The maximum Gasteiger partial charge on any atom is 0.326 e. The van der Waals surface area contributed by atoms with Gasteiger partial charge in [0.05, 0.1) is 6.61 Å². The smallest absolute Gasteiger partial charge is 0.326 e. The molecule has 1 atom stereocenters. The lowest BCUT2D eigenvalue weighted by Gasteiger charge is -2.13. The van der Waals surface area contributed by atoms with Gasteiger partial charge in [0.15, 0.2) is 0 Å². The van der Waals surface area contributed by atoms with Gasteiger partial charge in [-0.2, -0.15) is 0 Å². The number of nitrogens with two attached hydrogens (primary N) is 1. The van der Waals surface area contributed by atoms with Crippen molar-refractivity contribution in [3.05, 3.63) is 35.9 Å². The number of carbonyl (C=O) groups excluding carboxylic acids is 2. The van der Waals surface area contributed by atoms with Crippen LogP contribution in [0.4, 0.5) is 0 Å². The number of nitrogens with one attached hydrogen (secondary N) is 1. The number of carboxylic acids is 1. The molecule has 1 aromatic rings. The van der Waals surface area contributed by atoms with Crippen molar-refractivity contribution in [3.8, 4) is 0 Å². The summed E-state index contributed by atoms with van der Waals surface area (Å²) in [5.74, 6) is -2.38. The summed E-state index contributed by atoms with van der Waals surface area (Å²) in [5.41, 5.74) is 5.86. The summed E-state index contributed by atoms with van der Waals surface area (Å²) in [5, 5.41) is 11.2. The van der Waals surface area contributed by atoms with E-state index < -0.39 is 23.8 Å². The number of rotatable bonds is 9. The summed E-state index contributed by atoms with van der Waals surface area (Å²) < 4.78 is 5.19. The predicted octanol–water partition coefficient (Wildman–Crippen LogP) is 0.0381. The van der Waals surface area contributed by atoms with E-state index >= 15 is 0 Å². The van der Waals surface area contributed by atoms with Crippen LogP contribution in [0.2, 0.25) is 0 Å². The molecule has 0 heterocycles. The normalized spacial score (nSPS) is 11.6. The summed E-state index contributed by atoms with van der Waals surface area (Å²) in [6.45, 7) is 0.00251. The maximum absolute atomic E-state index is 11.6. The molecule has 1 aromatic carbocycles. The van der Waals surface area contributed by atoms with Crippen LogP contribution < -0.4 is 11.1 Å².